The lowest BCUT2D eigenvalue weighted by Crippen LogP contribution is -2.26. The van der Waals surface area contributed by atoms with Gasteiger partial charge < -0.3 is 9.47 Å². The van der Waals surface area contributed by atoms with Crippen LogP contribution < -0.4 is 10.0 Å². The Kier molecular flexibility index (Phi) is 11.9. The highest BCUT2D eigenvalue weighted by Gasteiger charge is 2.35. The van der Waals surface area contributed by atoms with Crippen molar-refractivity contribution in [3.05, 3.63) is 130 Å². The normalized spacial score (nSPS) is 12.9. The van der Waals surface area contributed by atoms with Crippen molar-refractivity contribution in [2.45, 2.75) is 63.9 Å². The first-order chi connectivity index (χ1) is 20.5. The van der Waals surface area contributed by atoms with Crippen LogP contribution in [0.3, 0.4) is 0 Å². The Morgan fingerprint density at radius 1 is 0.833 bits per heavy atom. The van der Waals surface area contributed by atoms with E-state index in [1.165, 1.54) is 28.8 Å². The second kappa shape index (κ2) is 15.8. The summed E-state index contributed by atoms with van der Waals surface area (Å²) in [4.78, 5) is 12.1. The Labute approximate surface area is 252 Å². The molecule has 4 rings (SSSR count). The van der Waals surface area contributed by atoms with Crippen LogP contribution in [0.4, 0.5) is 4.39 Å². The maximum absolute atomic E-state index is 14.2. The quantitative estimate of drug-likeness (QED) is 0.0571. The van der Waals surface area contributed by atoms with Gasteiger partial charge in [0.1, 0.15) is 11.6 Å². The van der Waals surface area contributed by atoms with Gasteiger partial charge in [0.15, 0.2) is 13.1 Å². The fourth-order valence-corrected chi connectivity index (χ4v) is 7.44. The van der Waals surface area contributed by atoms with Gasteiger partial charge in [0.25, 0.3) is 0 Å². The lowest BCUT2D eigenvalue weighted by molar-refractivity contribution is 0.0492. The van der Waals surface area contributed by atoms with Crippen LogP contribution in [0.1, 0.15) is 84.1 Å². The first-order valence-corrected chi connectivity index (χ1v) is 15.9. The predicted molar refractivity (Wildman–Crippen MR) is 173 cm³/mol. The number of hydrogen-bond acceptors (Lipinski definition) is 3. The molecule has 3 nitrogen and oxygen atoms in total. The van der Waals surface area contributed by atoms with Gasteiger partial charge in [-0.05, 0) is 59.0 Å². The summed E-state index contributed by atoms with van der Waals surface area (Å²) in [5.74, 6) is 0.469. The average molecular weight is 585 g/mol. The number of hydrogen-bond donors (Lipinski definition) is 0. The summed E-state index contributed by atoms with van der Waals surface area (Å²) in [5, 5.41) is 0.590. The van der Waals surface area contributed by atoms with Crippen LogP contribution in [0, 0.1) is 5.82 Å². The van der Waals surface area contributed by atoms with E-state index in [0.717, 1.165) is 73.4 Å². The Hall–Kier alpha value is -3.33. The largest absolute Gasteiger partial charge is 0.467 e. The molecule has 2 atom stereocenters. The molecule has 0 heterocycles. The van der Waals surface area contributed by atoms with Crippen LogP contribution in [0.2, 0.25) is 0 Å². The molecule has 220 valence electrons. The van der Waals surface area contributed by atoms with Crippen LogP contribution in [-0.4, -0.2) is 20.2 Å². The van der Waals surface area contributed by atoms with Gasteiger partial charge in [0, 0.05) is 29.8 Å². The minimum absolute atomic E-state index is 0.140. The van der Waals surface area contributed by atoms with Gasteiger partial charge in [0.05, 0.1) is 0 Å². The van der Waals surface area contributed by atoms with Crippen molar-refractivity contribution >= 4 is 20.2 Å². The number of carbonyl (C=O) groups is 1. The van der Waals surface area contributed by atoms with Crippen molar-refractivity contribution in [3.8, 4) is 5.75 Å². The number of rotatable bonds is 16. The average Bonchev–Trinajstić information content (AvgIpc) is 3.01. The molecule has 0 bridgehead atoms. The predicted octanol–water partition coefficient (Wildman–Crippen LogP) is 8.99. The molecule has 0 aliphatic heterocycles. The fourth-order valence-electron chi connectivity index (χ4n) is 5.68. The highest BCUT2D eigenvalue weighted by Crippen LogP contribution is 2.53. The summed E-state index contributed by atoms with van der Waals surface area (Å²) in [7, 11) is 1.91. The number of benzene rings is 4. The highest BCUT2D eigenvalue weighted by atomic mass is 31.1. The Balaban J connectivity index is 1.94. The first-order valence-electron chi connectivity index (χ1n) is 14.9. The zero-order valence-electron chi connectivity index (χ0n) is 25.0. The van der Waals surface area contributed by atoms with Crippen molar-refractivity contribution in [2.75, 3.05) is 13.9 Å². The first kappa shape index (κ1) is 31.6. The standard InChI is InChI=1S/C37H42FO3P/c1-4-6-13-20-37(5-2,42-35-19-18-33(38)25-32(35)26-39)34-24-30(21-28-14-9-7-10-15-28)23-31(36(34)41-27-40-3)22-29-16-11-8-12-17-29/h7-12,14-19,23-26,42H,4-6,13,20-22,27H2,1-3H3. The van der Waals surface area contributed by atoms with Gasteiger partial charge in [0.2, 0.25) is 0 Å². The summed E-state index contributed by atoms with van der Waals surface area (Å²) in [6.07, 6.45) is 7.38. The van der Waals surface area contributed by atoms with Gasteiger partial charge in [-0.25, -0.2) is 4.39 Å². The number of halogens is 1. The molecule has 0 aliphatic rings. The molecule has 0 fully saturated rings. The Morgan fingerprint density at radius 2 is 1.52 bits per heavy atom. The molecule has 0 aromatic heterocycles. The minimum Gasteiger partial charge on any atom is -0.467 e. The Bertz CT molecular complexity index is 1420. The fraction of sp³-hybridized carbons (Fsp3) is 0.324. The van der Waals surface area contributed by atoms with Crippen molar-refractivity contribution in [1.29, 1.82) is 0 Å². The third-order valence-electron chi connectivity index (χ3n) is 7.88. The molecule has 0 amide bonds. The molecule has 4 aromatic rings. The minimum atomic E-state index is -0.391. The molecule has 4 aromatic carbocycles. The van der Waals surface area contributed by atoms with Crippen molar-refractivity contribution in [2.24, 2.45) is 0 Å². The van der Waals surface area contributed by atoms with Gasteiger partial charge in [-0.3, -0.25) is 4.79 Å². The van der Waals surface area contributed by atoms with Crippen molar-refractivity contribution < 1.29 is 18.7 Å². The summed E-state index contributed by atoms with van der Waals surface area (Å²) < 4.78 is 26.1. The summed E-state index contributed by atoms with van der Waals surface area (Å²) in [5.41, 5.74) is 6.37. The Morgan fingerprint density at radius 3 is 2.14 bits per heavy atom. The monoisotopic (exact) mass is 584 g/mol. The van der Waals surface area contributed by atoms with E-state index in [-0.39, 0.29) is 20.5 Å². The van der Waals surface area contributed by atoms with Gasteiger partial charge >= 0.3 is 0 Å². The number of ether oxygens (including phenoxy) is 2. The maximum atomic E-state index is 14.2. The molecule has 0 radical (unpaired) electrons. The van der Waals surface area contributed by atoms with Crippen LogP contribution in [-0.2, 0) is 22.7 Å². The second-order valence-electron chi connectivity index (χ2n) is 10.9. The van der Waals surface area contributed by atoms with Crippen molar-refractivity contribution in [1.82, 2.24) is 0 Å². The second-order valence-corrected chi connectivity index (χ2v) is 12.6. The number of methoxy groups -OCH3 is 1. The lowest BCUT2D eigenvalue weighted by atomic mass is 9.84. The molecule has 42 heavy (non-hydrogen) atoms. The van der Waals surface area contributed by atoms with Gasteiger partial charge in [-0.1, -0.05) is 121 Å². The molecule has 0 aliphatic carbocycles. The number of unbranched alkanes of at least 4 members (excludes halogenated alkanes) is 2. The topological polar surface area (TPSA) is 35.5 Å². The molecule has 5 heteroatoms. The molecule has 0 saturated carbocycles. The van der Waals surface area contributed by atoms with E-state index in [0.29, 0.717) is 5.56 Å². The smallest absolute Gasteiger partial charge is 0.188 e. The van der Waals surface area contributed by atoms with E-state index in [1.807, 2.05) is 12.1 Å². The van der Waals surface area contributed by atoms with Crippen LogP contribution in [0.15, 0.2) is 91.0 Å². The molecular formula is C37H42FO3P. The molecule has 0 N–H and O–H groups in total. The van der Waals surface area contributed by atoms with Gasteiger partial charge in [-0.2, -0.15) is 0 Å². The number of aldehydes is 1. The zero-order chi connectivity index (χ0) is 29.8. The third-order valence-corrected chi connectivity index (χ3v) is 9.95. The summed E-state index contributed by atoms with van der Waals surface area (Å²) in [6.45, 7) is 4.58. The van der Waals surface area contributed by atoms with Gasteiger partial charge in [-0.15, -0.1) is 0 Å². The number of carbonyl (C=O) groups excluding carboxylic acids is 1. The van der Waals surface area contributed by atoms with E-state index in [4.69, 9.17) is 9.47 Å². The van der Waals surface area contributed by atoms with Crippen LogP contribution in [0.5, 0.6) is 5.75 Å². The highest BCUT2D eigenvalue weighted by molar-refractivity contribution is 7.48. The van der Waals surface area contributed by atoms with E-state index in [1.54, 1.807) is 13.2 Å². The summed E-state index contributed by atoms with van der Waals surface area (Å²) >= 11 is 0. The molecule has 0 saturated heterocycles. The van der Waals surface area contributed by atoms with E-state index in [9.17, 15) is 9.18 Å². The SMILES string of the molecule is CCCCCC(CC)(Pc1ccc(F)cc1C=O)c1cc(Cc2ccccc2)cc(Cc2ccccc2)c1OCOC. The van der Waals surface area contributed by atoms with E-state index < -0.39 is 5.82 Å². The molecule has 2 unspecified atom stereocenters. The summed E-state index contributed by atoms with van der Waals surface area (Å²) in [6, 6.07) is 30.2. The van der Waals surface area contributed by atoms with Crippen LogP contribution >= 0.6 is 8.58 Å². The maximum Gasteiger partial charge on any atom is 0.188 e. The molecule has 0 spiro atoms. The van der Waals surface area contributed by atoms with E-state index in [2.05, 4.69) is 74.5 Å². The van der Waals surface area contributed by atoms with Crippen molar-refractivity contribution in [3.63, 3.8) is 0 Å². The molecular weight excluding hydrogens is 542 g/mol. The van der Waals surface area contributed by atoms with E-state index >= 15 is 0 Å². The van der Waals surface area contributed by atoms with Crippen LogP contribution in [0.25, 0.3) is 0 Å². The lowest BCUT2D eigenvalue weighted by Gasteiger charge is -2.37. The zero-order valence-corrected chi connectivity index (χ0v) is 26.0. The third kappa shape index (κ3) is 8.15.